The van der Waals surface area contributed by atoms with Crippen LogP contribution in [0.15, 0.2) is 35.6 Å². The highest BCUT2D eigenvalue weighted by Crippen LogP contribution is 2.30. The minimum Gasteiger partial charge on any atom is -0.360 e. The van der Waals surface area contributed by atoms with E-state index >= 15 is 0 Å². The van der Waals surface area contributed by atoms with E-state index in [9.17, 15) is 4.79 Å². The van der Waals surface area contributed by atoms with Gasteiger partial charge in [0.1, 0.15) is 0 Å². The molecule has 136 valence electrons. The van der Waals surface area contributed by atoms with Crippen molar-refractivity contribution >= 4 is 28.6 Å². The standard InChI is InChI=1S/C19H23N5OS/c1-2-24-18(15-12-20-16-9-5-4-8-14(15)16)21-22-19(24)26-13-17(25)23-10-6-3-7-11-23/h4-5,8-9,12,20H,2-3,6-7,10-11,13H2,1H3. The number of para-hydroxylation sites is 1. The molecule has 1 saturated heterocycles. The van der Waals surface area contributed by atoms with Gasteiger partial charge in [-0.25, -0.2) is 0 Å². The van der Waals surface area contributed by atoms with Crippen LogP contribution in [-0.4, -0.2) is 49.4 Å². The topological polar surface area (TPSA) is 66.8 Å². The molecule has 0 atom stereocenters. The van der Waals surface area contributed by atoms with Gasteiger partial charge in [-0.2, -0.15) is 0 Å². The molecule has 7 heteroatoms. The molecule has 6 nitrogen and oxygen atoms in total. The Morgan fingerprint density at radius 1 is 1.19 bits per heavy atom. The molecule has 0 aliphatic carbocycles. The first-order valence-electron chi connectivity index (χ1n) is 9.18. The molecule has 0 bridgehead atoms. The van der Waals surface area contributed by atoms with Gasteiger partial charge in [0.15, 0.2) is 11.0 Å². The van der Waals surface area contributed by atoms with Crippen molar-refractivity contribution in [2.24, 2.45) is 0 Å². The second-order valence-corrected chi connectivity index (χ2v) is 7.47. The van der Waals surface area contributed by atoms with Gasteiger partial charge in [0.05, 0.1) is 5.75 Å². The Kier molecular flexibility index (Phi) is 4.97. The van der Waals surface area contributed by atoms with Gasteiger partial charge in [0.25, 0.3) is 0 Å². The minimum atomic E-state index is 0.203. The van der Waals surface area contributed by atoms with Crippen molar-refractivity contribution < 1.29 is 4.79 Å². The third-order valence-corrected chi connectivity index (χ3v) is 5.85. The van der Waals surface area contributed by atoms with Gasteiger partial charge in [-0.15, -0.1) is 10.2 Å². The van der Waals surface area contributed by atoms with Gasteiger partial charge in [-0.1, -0.05) is 30.0 Å². The molecule has 1 fully saturated rings. The molecule has 2 aromatic heterocycles. The number of fused-ring (bicyclic) bond motifs is 1. The molecule has 3 aromatic rings. The number of amides is 1. The number of hydrogen-bond acceptors (Lipinski definition) is 4. The molecule has 4 rings (SSSR count). The lowest BCUT2D eigenvalue weighted by atomic mass is 10.1. The molecule has 1 aliphatic heterocycles. The number of H-pyrrole nitrogens is 1. The number of rotatable bonds is 5. The number of nitrogens with one attached hydrogen (secondary N) is 1. The van der Waals surface area contributed by atoms with Gasteiger partial charge in [-0.05, 0) is 32.3 Å². The summed E-state index contributed by atoms with van der Waals surface area (Å²) < 4.78 is 2.09. The number of carbonyl (C=O) groups excluding carboxylic acids is 1. The Balaban J connectivity index is 1.54. The molecule has 0 spiro atoms. The first kappa shape index (κ1) is 17.1. The highest BCUT2D eigenvalue weighted by atomic mass is 32.2. The van der Waals surface area contributed by atoms with Gasteiger partial charge >= 0.3 is 0 Å². The fourth-order valence-electron chi connectivity index (χ4n) is 3.50. The summed E-state index contributed by atoms with van der Waals surface area (Å²) in [6, 6.07) is 8.18. The van der Waals surface area contributed by atoms with E-state index in [4.69, 9.17) is 0 Å². The van der Waals surface area contributed by atoms with Gasteiger partial charge in [-0.3, -0.25) is 4.79 Å². The molecule has 0 unspecified atom stereocenters. The number of nitrogens with zero attached hydrogens (tertiary/aromatic N) is 4. The highest BCUT2D eigenvalue weighted by molar-refractivity contribution is 7.99. The monoisotopic (exact) mass is 369 g/mol. The van der Waals surface area contributed by atoms with Gasteiger partial charge in [0.2, 0.25) is 5.91 Å². The van der Waals surface area contributed by atoms with Crippen molar-refractivity contribution in [1.82, 2.24) is 24.6 Å². The van der Waals surface area contributed by atoms with Gasteiger partial charge in [0, 0.05) is 42.3 Å². The van der Waals surface area contributed by atoms with Crippen LogP contribution in [0.4, 0.5) is 0 Å². The van der Waals surface area contributed by atoms with E-state index in [-0.39, 0.29) is 5.91 Å². The summed E-state index contributed by atoms with van der Waals surface area (Å²) in [7, 11) is 0. The number of carbonyl (C=O) groups is 1. The Labute approximate surface area is 157 Å². The van der Waals surface area contributed by atoms with E-state index in [1.54, 1.807) is 0 Å². The Morgan fingerprint density at radius 3 is 2.81 bits per heavy atom. The Bertz CT molecular complexity index is 910. The Hall–Kier alpha value is -2.28. The van der Waals surface area contributed by atoms with Crippen molar-refractivity contribution in [3.63, 3.8) is 0 Å². The molecular formula is C19H23N5OS. The van der Waals surface area contributed by atoms with E-state index in [2.05, 4.69) is 38.8 Å². The average molecular weight is 369 g/mol. The molecule has 1 aliphatic rings. The van der Waals surface area contributed by atoms with Crippen LogP contribution in [0.5, 0.6) is 0 Å². The third-order valence-electron chi connectivity index (χ3n) is 4.90. The second-order valence-electron chi connectivity index (χ2n) is 6.53. The lowest BCUT2D eigenvalue weighted by Crippen LogP contribution is -2.36. The molecule has 0 saturated carbocycles. The van der Waals surface area contributed by atoms with Crippen molar-refractivity contribution in [2.75, 3.05) is 18.8 Å². The van der Waals surface area contributed by atoms with Gasteiger partial charge < -0.3 is 14.5 Å². The second kappa shape index (κ2) is 7.53. The summed E-state index contributed by atoms with van der Waals surface area (Å²) in [4.78, 5) is 17.7. The number of piperidine rings is 1. The number of aromatic amines is 1. The smallest absolute Gasteiger partial charge is 0.233 e. The maximum Gasteiger partial charge on any atom is 0.233 e. The zero-order valence-corrected chi connectivity index (χ0v) is 15.8. The van der Waals surface area contributed by atoms with Crippen LogP contribution in [0.2, 0.25) is 0 Å². The van der Waals surface area contributed by atoms with Crippen LogP contribution in [-0.2, 0) is 11.3 Å². The lowest BCUT2D eigenvalue weighted by Gasteiger charge is -2.26. The van der Waals surface area contributed by atoms with Crippen LogP contribution >= 0.6 is 11.8 Å². The summed E-state index contributed by atoms with van der Waals surface area (Å²) in [5.74, 6) is 1.47. The van der Waals surface area contributed by atoms with E-state index in [0.717, 1.165) is 59.9 Å². The molecule has 26 heavy (non-hydrogen) atoms. The van der Waals surface area contributed by atoms with E-state index in [0.29, 0.717) is 5.75 Å². The summed E-state index contributed by atoms with van der Waals surface area (Å²) in [5, 5.41) is 10.7. The minimum absolute atomic E-state index is 0.203. The third kappa shape index (κ3) is 3.23. The van der Waals surface area contributed by atoms with E-state index < -0.39 is 0 Å². The maximum absolute atomic E-state index is 12.4. The number of hydrogen-bond donors (Lipinski definition) is 1. The highest BCUT2D eigenvalue weighted by Gasteiger charge is 2.20. The van der Waals surface area contributed by atoms with Crippen LogP contribution in [0, 0.1) is 0 Å². The average Bonchev–Trinajstić information content (AvgIpc) is 3.30. The molecular weight excluding hydrogens is 346 g/mol. The molecule has 0 radical (unpaired) electrons. The molecule has 3 heterocycles. The Morgan fingerprint density at radius 2 is 2.00 bits per heavy atom. The SMILES string of the molecule is CCn1c(SCC(=O)N2CCCCC2)nnc1-c1c[nH]c2ccccc12. The summed E-state index contributed by atoms with van der Waals surface area (Å²) >= 11 is 1.48. The first-order chi connectivity index (χ1) is 12.8. The zero-order valence-electron chi connectivity index (χ0n) is 14.9. The number of aromatic nitrogens is 4. The van der Waals surface area contributed by atoms with Crippen LogP contribution in [0.25, 0.3) is 22.3 Å². The quantitative estimate of drug-likeness (QED) is 0.699. The number of likely N-dealkylation sites (tertiary alicyclic amines) is 1. The fourth-order valence-corrected chi connectivity index (χ4v) is 4.40. The van der Waals surface area contributed by atoms with Crippen LogP contribution in [0.1, 0.15) is 26.2 Å². The lowest BCUT2D eigenvalue weighted by molar-refractivity contribution is -0.129. The largest absolute Gasteiger partial charge is 0.360 e. The van der Waals surface area contributed by atoms with E-state index in [1.165, 1.54) is 18.2 Å². The van der Waals surface area contributed by atoms with Crippen molar-refractivity contribution in [3.8, 4) is 11.4 Å². The van der Waals surface area contributed by atoms with Crippen molar-refractivity contribution in [3.05, 3.63) is 30.5 Å². The fraction of sp³-hybridized carbons (Fsp3) is 0.421. The van der Waals surface area contributed by atoms with E-state index in [1.807, 2.05) is 23.2 Å². The molecule has 1 aromatic carbocycles. The summed E-state index contributed by atoms with van der Waals surface area (Å²) in [5.41, 5.74) is 2.13. The maximum atomic E-state index is 12.4. The zero-order chi connectivity index (χ0) is 17.9. The van der Waals surface area contributed by atoms with Crippen molar-refractivity contribution in [1.29, 1.82) is 0 Å². The predicted octanol–water partition coefficient (Wildman–Crippen LogP) is 3.55. The summed E-state index contributed by atoms with van der Waals surface area (Å²) in [6.07, 6.45) is 5.45. The molecule has 1 amide bonds. The first-order valence-corrected chi connectivity index (χ1v) is 10.2. The number of thioether (sulfide) groups is 1. The number of benzene rings is 1. The van der Waals surface area contributed by atoms with Crippen LogP contribution in [0.3, 0.4) is 0 Å². The predicted molar refractivity (Wildman–Crippen MR) is 104 cm³/mol. The van der Waals surface area contributed by atoms with Crippen LogP contribution < -0.4 is 0 Å². The summed E-state index contributed by atoms with van der Waals surface area (Å²) in [6.45, 7) is 4.63. The molecule has 1 N–H and O–H groups in total. The normalized spacial score (nSPS) is 14.9. The van der Waals surface area contributed by atoms with Crippen molar-refractivity contribution in [2.45, 2.75) is 37.9 Å².